The number of benzene rings is 2. The SMILES string of the molecule is CC(=O)c1ccc2c(c1)N(Cc1cccc(C(=O)NCCN3CCCCC3)c1)C(=O)CO2. The van der Waals surface area contributed by atoms with Crippen molar-refractivity contribution in [1.29, 1.82) is 0 Å². The summed E-state index contributed by atoms with van der Waals surface area (Å²) in [6.45, 7) is 5.42. The largest absolute Gasteiger partial charge is 0.482 e. The first-order valence-corrected chi connectivity index (χ1v) is 11.2. The van der Waals surface area contributed by atoms with Gasteiger partial charge in [-0.1, -0.05) is 18.6 Å². The number of amides is 2. The minimum Gasteiger partial charge on any atom is -0.482 e. The van der Waals surface area contributed by atoms with Gasteiger partial charge in [-0.05, 0) is 68.8 Å². The molecule has 0 unspecified atom stereocenters. The molecule has 4 rings (SSSR count). The Morgan fingerprint density at radius 2 is 1.84 bits per heavy atom. The molecule has 32 heavy (non-hydrogen) atoms. The Bertz CT molecular complexity index is 1010. The maximum Gasteiger partial charge on any atom is 0.265 e. The molecule has 0 atom stereocenters. The Kier molecular flexibility index (Phi) is 6.85. The summed E-state index contributed by atoms with van der Waals surface area (Å²) in [6, 6.07) is 12.4. The van der Waals surface area contributed by atoms with Gasteiger partial charge in [-0.25, -0.2) is 0 Å². The van der Waals surface area contributed by atoms with Crippen molar-refractivity contribution < 1.29 is 19.1 Å². The van der Waals surface area contributed by atoms with Crippen LogP contribution in [-0.4, -0.2) is 55.3 Å². The minimum absolute atomic E-state index is 0.0525. The van der Waals surface area contributed by atoms with Crippen molar-refractivity contribution in [1.82, 2.24) is 10.2 Å². The van der Waals surface area contributed by atoms with Gasteiger partial charge in [0.1, 0.15) is 5.75 Å². The van der Waals surface area contributed by atoms with Crippen molar-refractivity contribution in [2.24, 2.45) is 0 Å². The van der Waals surface area contributed by atoms with E-state index >= 15 is 0 Å². The molecule has 2 amide bonds. The van der Waals surface area contributed by atoms with Crippen molar-refractivity contribution in [3.63, 3.8) is 0 Å². The molecule has 0 radical (unpaired) electrons. The summed E-state index contributed by atoms with van der Waals surface area (Å²) in [5.41, 5.74) is 2.50. The first-order valence-electron chi connectivity index (χ1n) is 11.2. The van der Waals surface area contributed by atoms with E-state index in [9.17, 15) is 14.4 Å². The number of Topliss-reactive ketones (excluding diaryl/α,β-unsaturated/α-hetero) is 1. The van der Waals surface area contributed by atoms with Gasteiger partial charge in [0, 0.05) is 24.2 Å². The number of fused-ring (bicyclic) bond motifs is 1. The number of anilines is 1. The molecule has 1 N–H and O–H groups in total. The number of nitrogens with one attached hydrogen (secondary N) is 1. The van der Waals surface area contributed by atoms with Crippen LogP contribution in [-0.2, 0) is 11.3 Å². The molecule has 168 valence electrons. The molecule has 1 fully saturated rings. The number of ether oxygens (including phenoxy) is 1. The lowest BCUT2D eigenvalue weighted by atomic mass is 10.1. The van der Waals surface area contributed by atoms with Gasteiger partial charge in [-0.3, -0.25) is 14.4 Å². The number of piperidine rings is 1. The molecule has 7 heteroatoms. The zero-order valence-electron chi connectivity index (χ0n) is 18.4. The highest BCUT2D eigenvalue weighted by molar-refractivity contribution is 6.01. The lowest BCUT2D eigenvalue weighted by Crippen LogP contribution is -2.38. The second kappa shape index (κ2) is 9.96. The fourth-order valence-corrected chi connectivity index (χ4v) is 4.20. The molecule has 0 saturated carbocycles. The molecule has 0 bridgehead atoms. The van der Waals surface area contributed by atoms with E-state index in [1.807, 2.05) is 18.2 Å². The van der Waals surface area contributed by atoms with Crippen LogP contribution in [0.4, 0.5) is 5.69 Å². The van der Waals surface area contributed by atoms with E-state index in [0.717, 1.165) is 25.2 Å². The van der Waals surface area contributed by atoms with Crippen LogP contribution < -0.4 is 15.0 Å². The van der Waals surface area contributed by atoms with E-state index in [2.05, 4.69) is 10.2 Å². The van der Waals surface area contributed by atoms with Gasteiger partial charge in [0.25, 0.3) is 11.8 Å². The Hall–Kier alpha value is -3.19. The van der Waals surface area contributed by atoms with Crippen LogP contribution in [0.3, 0.4) is 0 Å². The van der Waals surface area contributed by atoms with E-state index in [4.69, 9.17) is 4.74 Å². The normalized spacial score (nSPS) is 16.3. The second-order valence-corrected chi connectivity index (χ2v) is 8.37. The van der Waals surface area contributed by atoms with E-state index < -0.39 is 0 Å². The molecule has 2 heterocycles. The Labute approximate surface area is 188 Å². The monoisotopic (exact) mass is 435 g/mol. The minimum atomic E-state index is -0.186. The maximum atomic E-state index is 12.6. The zero-order valence-corrected chi connectivity index (χ0v) is 18.4. The van der Waals surface area contributed by atoms with Crippen LogP contribution in [0.5, 0.6) is 5.75 Å². The smallest absolute Gasteiger partial charge is 0.265 e. The molecule has 2 aromatic rings. The molecule has 2 aliphatic heterocycles. The van der Waals surface area contributed by atoms with E-state index in [1.165, 1.54) is 26.2 Å². The number of rotatable bonds is 7. The van der Waals surface area contributed by atoms with E-state index in [1.54, 1.807) is 29.2 Å². The highest BCUT2D eigenvalue weighted by Gasteiger charge is 2.26. The van der Waals surface area contributed by atoms with Crippen molar-refractivity contribution in [2.45, 2.75) is 32.7 Å². The number of nitrogens with zero attached hydrogens (tertiary/aromatic N) is 2. The van der Waals surface area contributed by atoms with Gasteiger partial charge in [-0.2, -0.15) is 0 Å². The fraction of sp³-hybridized carbons (Fsp3) is 0.400. The Morgan fingerprint density at radius 3 is 2.62 bits per heavy atom. The average Bonchev–Trinajstić information content (AvgIpc) is 2.81. The van der Waals surface area contributed by atoms with Crippen LogP contribution in [0.1, 0.15) is 52.5 Å². The van der Waals surface area contributed by atoms with Crippen LogP contribution in [0, 0.1) is 0 Å². The molecule has 0 aromatic heterocycles. The summed E-state index contributed by atoms with van der Waals surface area (Å²) in [6.07, 6.45) is 3.75. The molecule has 1 saturated heterocycles. The van der Waals surface area contributed by atoms with Crippen LogP contribution in [0.2, 0.25) is 0 Å². The topological polar surface area (TPSA) is 79.0 Å². The lowest BCUT2D eigenvalue weighted by Gasteiger charge is -2.30. The van der Waals surface area contributed by atoms with Gasteiger partial charge in [0.05, 0.1) is 12.2 Å². The lowest BCUT2D eigenvalue weighted by molar-refractivity contribution is -0.121. The molecular formula is C25H29N3O4. The number of hydrogen-bond acceptors (Lipinski definition) is 5. The third-order valence-corrected chi connectivity index (χ3v) is 6.00. The van der Waals surface area contributed by atoms with Crippen molar-refractivity contribution in [3.05, 3.63) is 59.2 Å². The Balaban J connectivity index is 1.43. The highest BCUT2D eigenvalue weighted by atomic mass is 16.5. The quantitative estimate of drug-likeness (QED) is 0.677. The summed E-state index contributed by atoms with van der Waals surface area (Å²) < 4.78 is 5.52. The third kappa shape index (κ3) is 5.16. The molecule has 0 spiro atoms. The predicted molar refractivity (Wildman–Crippen MR) is 122 cm³/mol. The number of hydrogen-bond donors (Lipinski definition) is 1. The molecule has 2 aliphatic rings. The van der Waals surface area contributed by atoms with Gasteiger partial charge < -0.3 is 19.9 Å². The zero-order chi connectivity index (χ0) is 22.5. The third-order valence-electron chi connectivity index (χ3n) is 6.00. The van der Waals surface area contributed by atoms with E-state index in [-0.39, 0.29) is 24.2 Å². The van der Waals surface area contributed by atoms with Gasteiger partial charge in [-0.15, -0.1) is 0 Å². The summed E-state index contributed by atoms with van der Waals surface area (Å²) in [4.78, 5) is 41.0. The molecule has 2 aromatic carbocycles. The number of likely N-dealkylation sites (tertiary alicyclic amines) is 1. The number of ketones is 1. The molecular weight excluding hydrogens is 406 g/mol. The summed E-state index contributed by atoms with van der Waals surface area (Å²) in [5, 5.41) is 3.00. The van der Waals surface area contributed by atoms with Gasteiger partial charge in [0.2, 0.25) is 0 Å². The van der Waals surface area contributed by atoms with E-state index in [0.29, 0.717) is 35.7 Å². The van der Waals surface area contributed by atoms with Crippen molar-refractivity contribution in [2.75, 3.05) is 37.7 Å². The second-order valence-electron chi connectivity index (χ2n) is 8.37. The first-order chi connectivity index (χ1) is 15.5. The average molecular weight is 436 g/mol. The van der Waals surface area contributed by atoms with Crippen LogP contribution in [0.25, 0.3) is 0 Å². The summed E-state index contributed by atoms with van der Waals surface area (Å²) >= 11 is 0. The van der Waals surface area contributed by atoms with Gasteiger partial charge >= 0.3 is 0 Å². The van der Waals surface area contributed by atoms with Crippen molar-refractivity contribution >= 4 is 23.3 Å². The van der Waals surface area contributed by atoms with Gasteiger partial charge in [0.15, 0.2) is 12.4 Å². The molecule has 7 nitrogen and oxygen atoms in total. The first kappa shape index (κ1) is 22.0. The van der Waals surface area contributed by atoms with Crippen molar-refractivity contribution in [3.8, 4) is 5.75 Å². The summed E-state index contributed by atoms with van der Waals surface area (Å²) in [5.74, 6) is 0.196. The molecule has 0 aliphatic carbocycles. The summed E-state index contributed by atoms with van der Waals surface area (Å²) in [7, 11) is 0. The number of carbonyl (C=O) groups is 3. The fourth-order valence-electron chi connectivity index (χ4n) is 4.20. The standard InChI is InChI=1S/C25H29N3O4/c1-18(29)20-8-9-23-22(15-20)28(24(30)17-32-23)16-19-6-5-7-21(14-19)25(31)26-10-13-27-11-3-2-4-12-27/h5-9,14-15H,2-4,10-13,16-17H2,1H3,(H,26,31). The number of carbonyl (C=O) groups excluding carboxylic acids is 3. The highest BCUT2D eigenvalue weighted by Crippen LogP contribution is 2.34. The maximum absolute atomic E-state index is 12.6. The Morgan fingerprint density at radius 1 is 1.03 bits per heavy atom. The van der Waals surface area contributed by atoms with Crippen LogP contribution in [0.15, 0.2) is 42.5 Å². The van der Waals surface area contributed by atoms with Crippen LogP contribution >= 0.6 is 0 Å². The predicted octanol–water partition coefficient (Wildman–Crippen LogP) is 3.03.